The van der Waals surface area contributed by atoms with E-state index in [2.05, 4.69) is 4.98 Å². The van der Waals surface area contributed by atoms with Gasteiger partial charge in [0.05, 0.1) is 4.92 Å². The summed E-state index contributed by atoms with van der Waals surface area (Å²) in [6.45, 7) is 0. The molecule has 8 heteroatoms. The largest absolute Gasteiger partial charge is 0.271 e. The summed E-state index contributed by atoms with van der Waals surface area (Å²) in [7, 11) is 0. The Balaban J connectivity index is 2.31. The first-order valence-electron chi connectivity index (χ1n) is 5.95. The van der Waals surface area contributed by atoms with Crippen LogP contribution in [-0.4, -0.2) is 19.6 Å². The van der Waals surface area contributed by atoms with Crippen molar-refractivity contribution in [3.63, 3.8) is 0 Å². The van der Waals surface area contributed by atoms with E-state index >= 15 is 0 Å². The maximum atomic E-state index is 11.3. The third kappa shape index (κ3) is 2.08. The number of imidazole rings is 1. The lowest BCUT2D eigenvalue weighted by atomic mass is 10.2. The molecule has 0 saturated carbocycles. The Morgan fingerprint density at radius 1 is 1.00 bits per heavy atom. The number of non-ortho nitro benzene ring substituents is 1. The summed E-state index contributed by atoms with van der Waals surface area (Å²) in [6, 6.07) is 12.4. The summed E-state index contributed by atoms with van der Waals surface area (Å²) in [5.74, 6) is 0.135. The molecule has 0 aliphatic rings. The highest BCUT2D eigenvalue weighted by Crippen LogP contribution is 2.27. The zero-order chi connectivity index (χ0) is 15.0. The van der Waals surface area contributed by atoms with Crippen molar-refractivity contribution >= 4 is 16.7 Å². The molecule has 2 aromatic carbocycles. The minimum absolute atomic E-state index is 0.135. The SMILES string of the molecule is O=[N+]([O-])c1ccc2c(c1)nc(-c1ccccc1)n2[N+](=O)[O-]. The molecule has 3 aromatic rings. The predicted octanol–water partition coefficient (Wildman–Crippen LogP) is 2.65. The van der Waals surface area contributed by atoms with Crippen LogP contribution >= 0.6 is 0 Å². The molecule has 1 aromatic heterocycles. The number of nitro benzene ring substituents is 1. The number of rotatable bonds is 3. The Hall–Kier alpha value is -3.29. The fourth-order valence-corrected chi connectivity index (χ4v) is 2.11. The molecular formula is C13H8N4O4. The molecule has 0 aliphatic carbocycles. The number of hydrogen-bond donors (Lipinski definition) is 0. The van der Waals surface area contributed by atoms with Crippen molar-refractivity contribution in [3.8, 4) is 11.4 Å². The second-order valence-corrected chi connectivity index (χ2v) is 4.28. The fraction of sp³-hybridized carbons (Fsp3) is 0. The Bertz CT molecular complexity index is 857. The zero-order valence-corrected chi connectivity index (χ0v) is 10.5. The van der Waals surface area contributed by atoms with Crippen molar-refractivity contribution in [2.75, 3.05) is 0 Å². The van der Waals surface area contributed by atoms with Gasteiger partial charge in [-0.15, -0.1) is 0 Å². The van der Waals surface area contributed by atoms with Crippen LogP contribution in [0.1, 0.15) is 0 Å². The summed E-state index contributed by atoms with van der Waals surface area (Å²) < 4.78 is 0.828. The highest BCUT2D eigenvalue weighted by molar-refractivity contribution is 5.82. The van der Waals surface area contributed by atoms with E-state index in [0.29, 0.717) is 5.56 Å². The van der Waals surface area contributed by atoms with E-state index in [1.807, 2.05) is 0 Å². The summed E-state index contributed by atoms with van der Waals surface area (Å²) in [5.41, 5.74) is 0.826. The lowest BCUT2D eigenvalue weighted by Crippen LogP contribution is -2.09. The third-order valence-electron chi connectivity index (χ3n) is 3.02. The van der Waals surface area contributed by atoms with Gasteiger partial charge in [-0.2, -0.15) is 0 Å². The van der Waals surface area contributed by atoms with Crippen LogP contribution in [-0.2, 0) is 0 Å². The summed E-state index contributed by atoms with van der Waals surface area (Å²) >= 11 is 0. The van der Waals surface area contributed by atoms with Crippen LogP contribution in [0.15, 0.2) is 48.5 Å². The number of hydrogen-bond acceptors (Lipinski definition) is 5. The molecule has 21 heavy (non-hydrogen) atoms. The van der Waals surface area contributed by atoms with Gasteiger partial charge in [-0.3, -0.25) is 10.1 Å². The lowest BCUT2D eigenvalue weighted by Gasteiger charge is -1.99. The van der Waals surface area contributed by atoms with Crippen LogP contribution in [0.4, 0.5) is 5.69 Å². The molecule has 8 nitrogen and oxygen atoms in total. The fourth-order valence-electron chi connectivity index (χ4n) is 2.11. The van der Waals surface area contributed by atoms with Gasteiger partial charge < -0.3 is 0 Å². The van der Waals surface area contributed by atoms with Gasteiger partial charge in [-0.25, -0.2) is 15.1 Å². The molecule has 0 unspecified atom stereocenters. The molecule has 1 heterocycles. The third-order valence-corrected chi connectivity index (χ3v) is 3.02. The van der Waals surface area contributed by atoms with Gasteiger partial charge in [-0.1, -0.05) is 30.3 Å². The maximum absolute atomic E-state index is 11.3. The number of fused-ring (bicyclic) bond motifs is 1. The predicted molar refractivity (Wildman–Crippen MR) is 74.2 cm³/mol. The van der Waals surface area contributed by atoms with Gasteiger partial charge in [0, 0.05) is 17.7 Å². The summed E-state index contributed by atoms with van der Waals surface area (Å²) in [6.07, 6.45) is 0. The first kappa shape index (κ1) is 12.7. The molecule has 0 spiro atoms. The number of nitrogens with zero attached hydrogens (tertiary/aromatic N) is 4. The quantitative estimate of drug-likeness (QED) is 0.543. The van der Waals surface area contributed by atoms with E-state index in [1.165, 1.54) is 18.2 Å². The minimum atomic E-state index is -0.594. The van der Waals surface area contributed by atoms with E-state index < -0.39 is 9.96 Å². The Labute approximate surface area is 117 Å². The molecule has 3 rings (SSSR count). The van der Waals surface area contributed by atoms with E-state index in [-0.39, 0.29) is 22.5 Å². The van der Waals surface area contributed by atoms with Gasteiger partial charge in [0.25, 0.3) is 5.69 Å². The normalized spacial score (nSPS) is 10.7. The molecule has 0 atom stereocenters. The summed E-state index contributed by atoms with van der Waals surface area (Å²) in [5, 5.41) is 21.5. The average molecular weight is 284 g/mol. The van der Waals surface area contributed by atoms with Gasteiger partial charge in [0.2, 0.25) is 5.82 Å². The molecule has 104 valence electrons. The molecule has 0 amide bonds. The van der Waals surface area contributed by atoms with E-state index in [4.69, 9.17) is 0 Å². The van der Waals surface area contributed by atoms with Gasteiger partial charge in [-0.05, 0) is 10.7 Å². The van der Waals surface area contributed by atoms with Crippen molar-refractivity contribution in [2.24, 2.45) is 0 Å². The van der Waals surface area contributed by atoms with Crippen LogP contribution in [0.3, 0.4) is 0 Å². The Kier molecular flexibility index (Phi) is 2.83. The number of nitro groups is 2. The van der Waals surface area contributed by atoms with Crippen LogP contribution in [0.25, 0.3) is 22.4 Å². The second kappa shape index (κ2) is 4.67. The second-order valence-electron chi connectivity index (χ2n) is 4.28. The van der Waals surface area contributed by atoms with E-state index in [0.717, 1.165) is 4.68 Å². The summed E-state index contributed by atoms with van der Waals surface area (Å²) in [4.78, 5) is 25.7. The zero-order valence-electron chi connectivity index (χ0n) is 10.5. The van der Waals surface area contributed by atoms with Gasteiger partial charge in [0.15, 0.2) is 5.03 Å². The molecule has 0 N–H and O–H groups in total. The Morgan fingerprint density at radius 2 is 1.71 bits per heavy atom. The van der Waals surface area contributed by atoms with Gasteiger partial charge >= 0.3 is 0 Å². The molecule has 0 fully saturated rings. The van der Waals surface area contributed by atoms with Crippen molar-refractivity contribution in [2.45, 2.75) is 0 Å². The first-order valence-corrected chi connectivity index (χ1v) is 5.95. The monoisotopic (exact) mass is 284 g/mol. The highest BCUT2D eigenvalue weighted by atomic mass is 16.7. The van der Waals surface area contributed by atoms with Crippen molar-refractivity contribution in [3.05, 3.63) is 68.8 Å². The smallest absolute Gasteiger partial charge is 0.258 e. The topological polar surface area (TPSA) is 104 Å². The minimum Gasteiger partial charge on any atom is -0.258 e. The Morgan fingerprint density at radius 3 is 2.33 bits per heavy atom. The van der Waals surface area contributed by atoms with Gasteiger partial charge in [0.1, 0.15) is 11.0 Å². The molecule has 0 radical (unpaired) electrons. The number of benzene rings is 2. The van der Waals surface area contributed by atoms with Crippen molar-refractivity contribution in [1.29, 1.82) is 0 Å². The van der Waals surface area contributed by atoms with Crippen LogP contribution in [0.5, 0.6) is 0 Å². The maximum Gasteiger partial charge on any atom is 0.271 e. The average Bonchev–Trinajstić information content (AvgIpc) is 2.86. The molecule has 0 bridgehead atoms. The van der Waals surface area contributed by atoms with Crippen LogP contribution in [0, 0.1) is 20.2 Å². The van der Waals surface area contributed by atoms with Crippen LogP contribution in [0.2, 0.25) is 0 Å². The molecule has 0 saturated heterocycles. The standard InChI is InChI=1S/C13H8N4O4/c18-16(19)10-6-7-12-11(8-10)14-13(15(12)17(20)21)9-4-2-1-3-5-9/h1-8H. The lowest BCUT2D eigenvalue weighted by molar-refractivity contribution is -0.536. The molecular weight excluding hydrogens is 276 g/mol. The van der Waals surface area contributed by atoms with Crippen molar-refractivity contribution < 1.29 is 9.96 Å². The first-order chi connectivity index (χ1) is 10.1. The molecule has 0 aliphatic heterocycles. The van der Waals surface area contributed by atoms with Crippen molar-refractivity contribution in [1.82, 2.24) is 9.66 Å². The van der Waals surface area contributed by atoms with E-state index in [9.17, 15) is 20.2 Å². The highest BCUT2D eigenvalue weighted by Gasteiger charge is 2.21. The number of aromatic nitrogens is 2. The van der Waals surface area contributed by atoms with Crippen LogP contribution < -0.4 is 0 Å². The van der Waals surface area contributed by atoms with E-state index in [1.54, 1.807) is 30.3 Å².